The van der Waals surface area contributed by atoms with Gasteiger partial charge in [-0.2, -0.15) is 0 Å². The van der Waals surface area contributed by atoms with Gasteiger partial charge in [-0.3, -0.25) is 19.5 Å². The van der Waals surface area contributed by atoms with Crippen LogP contribution >= 0.6 is 35.0 Å². The minimum absolute atomic E-state index is 0.0116. The van der Waals surface area contributed by atoms with Gasteiger partial charge in [0, 0.05) is 62.8 Å². The molecule has 3 aliphatic heterocycles. The highest BCUT2D eigenvalue weighted by Crippen LogP contribution is 2.61. The predicted molar refractivity (Wildman–Crippen MR) is 131 cm³/mol. The van der Waals surface area contributed by atoms with Crippen molar-refractivity contribution in [3.05, 3.63) is 93.7 Å². The van der Waals surface area contributed by atoms with E-state index in [4.69, 9.17) is 23.2 Å². The van der Waals surface area contributed by atoms with Crippen LogP contribution < -0.4 is 5.32 Å². The molecule has 4 heterocycles. The van der Waals surface area contributed by atoms with Crippen LogP contribution in [-0.4, -0.2) is 39.2 Å². The number of rotatable bonds is 3. The lowest BCUT2D eigenvalue weighted by Crippen LogP contribution is -2.52. The van der Waals surface area contributed by atoms with Gasteiger partial charge in [-0.25, -0.2) is 0 Å². The molecular weight excluding hydrogens is 477 g/mol. The monoisotopic (exact) mass is 495 g/mol. The number of carbonyl (C=O) groups excluding carboxylic acids is 2. The van der Waals surface area contributed by atoms with E-state index in [-0.39, 0.29) is 23.7 Å². The number of carbonyl (C=O) groups is 2. The number of anilines is 1. The zero-order valence-electron chi connectivity index (χ0n) is 17.4. The molecule has 6 rings (SSSR count). The second-order valence-corrected chi connectivity index (χ2v) is 10.5. The van der Waals surface area contributed by atoms with Crippen LogP contribution in [0.25, 0.3) is 0 Å². The number of nitrogens with one attached hydrogen (secondary N) is 1. The largest absolute Gasteiger partial charge is 0.324 e. The van der Waals surface area contributed by atoms with E-state index in [2.05, 4.69) is 15.2 Å². The van der Waals surface area contributed by atoms with Crippen molar-refractivity contribution in [2.24, 2.45) is 5.92 Å². The molecule has 166 valence electrons. The molecule has 5 nitrogen and oxygen atoms in total. The van der Waals surface area contributed by atoms with Gasteiger partial charge in [0.05, 0.1) is 5.92 Å². The average Bonchev–Trinajstić information content (AvgIpc) is 3.48. The maximum Gasteiger partial charge on any atom is 0.250 e. The normalized spacial score (nSPS) is 28.1. The van der Waals surface area contributed by atoms with Crippen LogP contribution in [0.15, 0.2) is 67.0 Å². The van der Waals surface area contributed by atoms with E-state index in [0.29, 0.717) is 27.2 Å². The van der Waals surface area contributed by atoms with E-state index in [0.717, 1.165) is 16.9 Å². The van der Waals surface area contributed by atoms with Crippen LogP contribution in [0, 0.1) is 5.92 Å². The summed E-state index contributed by atoms with van der Waals surface area (Å²) >= 11 is 14.4. The Kier molecular flexibility index (Phi) is 5.03. The van der Waals surface area contributed by atoms with Gasteiger partial charge < -0.3 is 5.32 Å². The summed E-state index contributed by atoms with van der Waals surface area (Å²) < 4.78 is 0. The predicted octanol–water partition coefficient (Wildman–Crippen LogP) is 5.21. The van der Waals surface area contributed by atoms with E-state index >= 15 is 0 Å². The van der Waals surface area contributed by atoms with Crippen molar-refractivity contribution >= 4 is 52.3 Å². The topological polar surface area (TPSA) is 62.3 Å². The molecule has 3 aromatic rings. The standard InChI is InChI=1S/C25H19Cl2N3O2S/c26-16-5-3-14(4-6-16)21-20-12-33-13-30(20)25(22(21)23(31)15-2-1-9-28-11-15)18-10-17(27)7-8-19(18)29-24(25)32/h1-11,20-22H,12-13H2,(H,29,32)/t20-,21+,22-,25+/m0/s1. The first kappa shape index (κ1) is 21.2. The number of pyridine rings is 1. The van der Waals surface area contributed by atoms with Crippen molar-refractivity contribution in [1.29, 1.82) is 0 Å². The number of hydrogen-bond donors (Lipinski definition) is 1. The lowest BCUT2D eigenvalue weighted by Gasteiger charge is -2.36. The number of thioether (sulfide) groups is 1. The number of halogens is 2. The molecule has 8 heteroatoms. The second-order valence-electron chi connectivity index (χ2n) is 8.61. The number of aromatic nitrogens is 1. The van der Waals surface area contributed by atoms with Crippen molar-refractivity contribution in [3.63, 3.8) is 0 Å². The molecule has 2 fully saturated rings. The highest BCUT2D eigenvalue weighted by molar-refractivity contribution is 7.99. The lowest BCUT2D eigenvalue weighted by atomic mass is 9.69. The number of Topliss-reactive ketones (excluding diaryl/α,β-unsaturated/α-hetero) is 1. The van der Waals surface area contributed by atoms with Gasteiger partial charge in [0.2, 0.25) is 5.91 Å². The molecule has 0 saturated carbocycles. The van der Waals surface area contributed by atoms with E-state index in [1.807, 2.05) is 36.4 Å². The van der Waals surface area contributed by atoms with E-state index < -0.39 is 11.5 Å². The number of ketones is 1. The Morgan fingerprint density at radius 1 is 1.12 bits per heavy atom. The van der Waals surface area contributed by atoms with Gasteiger partial charge >= 0.3 is 0 Å². The fourth-order valence-corrected chi connectivity index (χ4v) is 7.42. The molecule has 0 unspecified atom stereocenters. The molecule has 2 aromatic carbocycles. The zero-order chi connectivity index (χ0) is 22.7. The summed E-state index contributed by atoms with van der Waals surface area (Å²) in [5, 5.41) is 4.22. The van der Waals surface area contributed by atoms with E-state index in [9.17, 15) is 9.59 Å². The van der Waals surface area contributed by atoms with Gasteiger partial charge in [-0.15, -0.1) is 11.8 Å². The third kappa shape index (κ3) is 3.01. The summed E-state index contributed by atoms with van der Waals surface area (Å²) in [6, 6.07) is 16.6. The Labute approximate surface area is 205 Å². The third-order valence-electron chi connectivity index (χ3n) is 7.07. The number of fused-ring (bicyclic) bond motifs is 4. The van der Waals surface area contributed by atoms with Crippen molar-refractivity contribution in [2.45, 2.75) is 17.5 Å². The number of nitrogens with zero attached hydrogens (tertiary/aromatic N) is 2. The van der Waals surface area contributed by atoms with E-state index in [1.54, 1.807) is 42.4 Å². The summed E-state index contributed by atoms with van der Waals surface area (Å²) in [4.78, 5) is 34.5. The van der Waals surface area contributed by atoms with Gasteiger partial charge in [0.25, 0.3) is 0 Å². The molecule has 1 amide bonds. The first-order valence-corrected chi connectivity index (χ1v) is 12.6. The Morgan fingerprint density at radius 2 is 1.91 bits per heavy atom. The fraction of sp³-hybridized carbons (Fsp3) is 0.240. The Morgan fingerprint density at radius 3 is 2.67 bits per heavy atom. The van der Waals surface area contributed by atoms with Crippen molar-refractivity contribution in [3.8, 4) is 0 Å². The Bertz CT molecular complexity index is 1270. The van der Waals surface area contributed by atoms with Crippen molar-refractivity contribution < 1.29 is 9.59 Å². The van der Waals surface area contributed by atoms with Crippen LogP contribution in [0.4, 0.5) is 5.69 Å². The van der Waals surface area contributed by atoms with Crippen LogP contribution in [0.3, 0.4) is 0 Å². The first-order chi connectivity index (χ1) is 16.0. The highest BCUT2D eigenvalue weighted by Gasteiger charge is 2.69. The Hall–Kier alpha value is -2.38. The maximum atomic E-state index is 14.2. The lowest BCUT2D eigenvalue weighted by molar-refractivity contribution is -0.127. The van der Waals surface area contributed by atoms with Gasteiger partial charge in [0.1, 0.15) is 5.54 Å². The molecule has 0 aliphatic carbocycles. The second kappa shape index (κ2) is 7.84. The number of benzene rings is 2. The van der Waals surface area contributed by atoms with E-state index in [1.165, 1.54) is 0 Å². The molecule has 0 radical (unpaired) electrons. The Balaban J connectivity index is 1.63. The summed E-state index contributed by atoms with van der Waals surface area (Å²) in [5.74, 6) is 0.380. The van der Waals surface area contributed by atoms with Crippen molar-refractivity contribution in [2.75, 3.05) is 16.9 Å². The molecule has 1 aromatic heterocycles. The van der Waals surface area contributed by atoms with Gasteiger partial charge in [-0.1, -0.05) is 35.3 Å². The van der Waals surface area contributed by atoms with Crippen LogP contribution in [0.2, 0.25) is 10.0 Å². The first-order valence-electron chi connectivity index (χ1n) is 10.7. The third-order valence-corrected chi connectivity index (χ3v) is 8.59. The molecule has 1 spiro atoms. The zero-order valence-corrected chi connectivity index (χ0v) is 19.7. The molecule has 33 heavy (non-hydrogen) atoms. The highest BCUT2D eigenvalue weighted by atomic mass is 35.5. The minimum atomic E-state index is -1.15. The van der Waals surface area contributed by atoms with Crippen molar-refractivity contribution in [1.82, 2.24) is 9.88 Å². The fourth-order valence-electron chi connectivity index (χ4n) is 5.79. The number of hydrogen-bond acceptors (Lipinski definition) is 5. The number of amides is 1. The van der Waals surface area contributed by atoms with Gasteiger partial charge in [-0.05, 0) is 48.0 Å². The molecule has 2 saturated heterocycles. The smallest absolute Gasteiger partial charge is 0.250 e. The van der Waals surface area contributed by atoms with Gasteiger partial charge in [0.15, 0.2) is 5.78 Å². The van der Waals surface area contributed by atoms with Crippen LogP contribution in [0.5, 0.6) is 0 Å². The molecular formula is C25H19Cl2N3O2S. The SMILES string of the molecule is O=C(c1cccnc1)[C@@H]1[C@H](c2ccc(Cl)cc2)[C@@H]2CSCN2[C@@]12C(=O)Nc1ccc(Cl)cc12. The summed E-state index contributed by atoms with van der Waals surface area (Å²) in [6.07, 6.45) is 3.23. The average molecular weight is 496 g/mol. The minimum Gasteiger partial charge on any atom is -0.324 e. The molecule has 0 bridgehead atoms. The molecule has 1 N–H and O–H groups in total. The van der Waals surface area contributed by atoms with Crippen LogP contribution in [-0.2, 0) is 10.3 Å². The summed E-state index contributed by atoms with van der Waals surface area (Å²) in [6.45, 7) is 0. The van der Waals surface area contributed by atoms with Crippen LogP contribution in [0.1, 0.15) is 27.4 Å². The maximum absolute atomic E-state index is 14.2. The molecule has 3 aliphatic rings. The quantitative estimate of drug-likeness (QED) is 0.505. The molecule has 4 atom stereocenters. The summed E-state index contributed by atoms with van der Waals surface area (Å²) in [5.41, 5.74) is 1.83. The summed E-state index contributed by atoms with van der Waals surface area (Å²) in [7, 11) is 0.